The summed E-state index contributed by atoms with van der Waals surface area (Å²) in [5.41, 5.74) is 2.75. The number of rotatable bonds is 5. The molecule has 3 aliphatic rings. The predicted molar refractivity (Wildman–Crippen MR) is 148 cm³/mol. The SMILES string of the molecule is O=C(NC1CCCC12CCN(c1cnc3c(I)nn(C4CCCCO4)c3n1)CC2)OCc1ccccc1. The summed E-state index contributed by atoms with van der Waals surface area (Å²) in [5, 5.41) is 7.91. The standard InChI is InChI=1S/C27H33IN6O3/c28-24-23-25(34(32-24)22-10-4-5-16-36-22)31-21(17-29-23)33-14-12-27(13-15-33)11-6-9-20(27)30-26(35)37-18-19-7-2-1-3-8-19/h1-3,7-8,17,20,22H,4-6,9-16,18H2,(H,30,35). The Morgan fingerprint density at radius 2 is 1.97 bits per heavy atom. The molecule has 2 aliphatic heterocycles. The number of carbonyl (C=O) groups is 1. The number of aromatic nitrogens is 4. The van der Waals surface area contributed by atoms with Crippen molar-refractivity contribution in [3.8, 4) is 0 Å². The van der Waals surface area contributed by atoms with Gasteiger partial charge in [0.2, 0.25) is 0 Å². The number of hydrogen-bond acceptors (Lipinski definition) is 7. The Hall–Kier alpha value is -2.47. The molecule has 0 radical (unpaired) electrons. The number of benzene rings is 1. The van der Waals surface area contributed by atoms with Gasteiger partial charge in [-0.05, 0) is 78.5 Å². The first kappa shape index (κ1) is 24.8. The number of alkyl carbamates (subject to hydrolysis) is 1. The Balaban J connectivity index is 1.11. The van der Waals surface area contributed by atoms with E-state index in [1.54, 1.807) is 0 Å². The molecule has 3 aromatic rings. The Kier molecular flexibility index (Phi) is 7.20. The Labute approximate surface area is 230 Å². The van der Waals surface area contributed by atoms with Crippen molar-refractivity contribution in [2.45, 2.75) is 70.2 Å². The van der Waals surface area contributed by atoms with E-state index < -0.39 is 0 Å². The predicted octanol–water partition coefficient (Wildman–Crippen LogP) is 5.20. The number of piperidine rings is 1. The fourth-order valence-electron chi connectivity index (χ4n) is 6.19. The molecule has 2 saturated heterocycles. The maximum Gasteiger partial charge on any atom is 0.407 e. The van der Waals surface area contributed by atoms with Gasteiger partial charge in [-0.3, -0.25) is 0 Å². The van der Waals surface area contributed by atoms with Gasteiger partial charge >= 0.3 is 6.09 Å². The molecule has 2 atom stereocenters. The number of carbonyl (C=O) groups excluding carboxylic acids is 1. The average molecular weight is 617 g/mol. The molecule has 6 rings (SSSR count). The minimum Gasteiger partial charge on any atom is -0.445 e. The monoisotopic (exact) mass is 616 g/mol. The van der Waals surface area contributed by atoms with Gasteiger partial charge in [-0.15, -0.1) is 0 Å². The third-order valence-electron chi connectivity index (χ3n) is 8.27. The molecule has 196 valence electrons. The summed E-state index contributed by atoms with van der Waals surface area (Å²) in [7, 11) is 0. The zero-order valence-corrected chi connectivity index (χ0v) is 23.1. The molecule has 2 aromatic heterocycles. The van der Waals surface area contributed by atoms with Gasteiger partial charge in [0, 0.05) is 25.7 Å². The summed E-state index contributed by atoms with van der Waals surface area (Å²) >= 11 is 2.23. The highest BCUT2D eigenvalue weighted by Crippen LogP contribution is 2.47. The second-order valence-corrected chi connectivity index (χ2v) is 11.5. The van der Waals surface area contributed by atoms with E-state index in [2.05, 4.69) is 32.8 Å². The van der Waals surface area contributed by atoms with Gasteiger partial charge in [0.1, 0.15) is 17.9 Å². The molecule has 0 bridgehead atoms. The fraction of sp³-hybridized carbons (Fsp3) is 0.556. The van der Waals surface area contributed by atoms with Crippen LogP contribution in [0.4, 0.5) is 10.6 Å². The zero-order chi connectivity index (χ0) is 25.2. The number of halogens is 1. The third kappa shape index (κ3) is 5.14. The van der Waals surface area contributed by atoms with Crippen LogP contribution in [-0.4, -0.2) is 51.6 Å². The largest absolute Gasteiger partial charge is 0.445 e. The van der Waals surface area contributed by atoms with E-state index in [1.165, 1.54) is 0 Å². The molecule has 1 N–H and O–H groups in total. The van der Waals surface area contributed by atoms with Crippen molar-refractivity contribution in [1.29, 1.82) is 0 Å². The van der Waals surface area contributed by atoms with Gasteiger partial charge in [-0.2, -0.15) is 5.10 Å². The topological polar surface area (TPSA) is 94.4 Å². The lowest BCUT2D eigenvalue weighted by molar-refractivity contribution is -0.0372. The summed E-state index contributed by atoms with van der Waals surface area (Å²) in [4.78, 5) is 24.7. The van der Waals surface area contributed by atoms with Crippen molar-refractivity contribution < 1.29 is 14.3 Å². The van der Waals surface area contributed by atoms with Crippen molar-refractivity contribution in [1.82, 2.24) is 25.1 Å². The van der Waals surface area contributed by atoms with E-state index in [0.29, 0.717) is 6.61 Å². The van der Waals surface area contributed by atoms with Crippen molar-refractivity contribution in [3.05, 3.63) is 45.8 Å². The number of hydrogen-bond donors (Lipinski definition) is 1. The van der Waals surface area contributed by atoms with Crippen molar-refractivity contribution in [3.63, 3.8) is 0 Å². The summed E-state index contributed by atoms with van der Waals surface area (Å²) < 4.78 is 14.3. The number of fused-ring (bicyclic) bond motifs is 1. The fourth-order valence-corrected chi connectivity index (χ4v) is 6.80. The second-order valence-electron chi connectivity index (χ2n) is 10.5. The maximum absolute atomic E-state index is 12.6. The number of nitrogens with one attached hydrogen (secondary N) is 1. The molecule has 3 fully saturated rings. The van der Waals surface area contributed by atoms with Crippen LogP contribution in [0.5, 0.6) is 0 Å². The van der Waals surface area contributed by atoms with Crippen LogP contribution in [0.3, 0.4) is 0 Å². The highest BCUT2D eigenvalue weighted by molar-refractivity contribution is 14.1. The van der Waals surface area contributed by atoms with Gasteiger partial charge in [-0.1, -0.05) is 36.8 Å². The lowest BCUT2D eigenvalue weighted by atomic mass is 9.74. The van der Waals surface area contributed by atoms with E-state index in [1.807, 2.05) is 41.2 Å². The van der Waals surface area contributed by atoms with E-state index in [4.69, 9.17) is 24.5 Å². The molecular formula is C27H33IN6O3. The summed E-state index contributed by atoms with van der Waals surface area (Å²) in [6, 6.07) is 9.96. The molecular weight excluding hydrogens is 583 g/mol. The van der Waals surface area contributed by atoms with Crippen molar-refractivity contribution >= 4 is 45.7 Å². The molecule has 1 saturated carbocycles. The summed E-state index contributed by atoms with van der Waals surface area (Å²) in [6.45, 7) is 2.84. The maximum atomic E-state index is 12.6. The highest BCUT2D eigenvalue weighted by atomic mass is 127. The molecule has 1 spiro atoms. The summed E-state index contributed by atoms with van der Waals surface area (Å²) in [5.74, 6) is 0.889. The zero-order valence-electron chi connectivity index (χ0n) is 20.9. The van der Waals surface area contributed by atoms with Crippen LogP contribution in [0, 0.1) is 9.12 Å². The van der Waals surface area contributed by atoms with E-state index in [9.17, 15) is 4.79 Å². The molecule has 1 aliphatic carbocycles. The first-order valence-electron chi connectivity index (χ1n) is 13.4. The van der Waals surface area contributed by atoms with E-state index in [0.717, 1.165) is 97.3 Å². The van der Waals surface area contributed by atoms with Gasteiger partial charge < -0.3 is 19.7 Å². The molecule has 37 heavy (non-hydrogen) atoms. The quantitative estimate of drug-likeness (QED) is 0.394. The van der Waals surface area contributed by atoms with Crippen LogP contribution in [-0.2, 0) is 16.1 Å². The molecule has 1 aromatic carbocycles. The smallest absolute Gasteiger partial charge is 0.407 e. The molecule has 10 heteroatoms. The number of amides is 1. The lowest BCUT2D eigenvalue weighted by Crippen LogP contribution is -2.50. The van der Waals surface area contributed by atoms with Crippen LogP contribution in [0.2, 0.25) is 0 Å². The third-order valence-corrected chi connectivity index (χ3v) is 9.00. The minimum absolute atomic E-state index is 0.0686. The molecule has 9 nitrogen and oxygen atoms in total. The number of anilines is 1. The number of ether oxygens (including phenoxy) is 2. The van der Waals surface area contributed by atoms with Gasteiger partial charge in [-0.25, -0.2) is 19.4 Å². The first-order valence-corrected chi connectivity index (χ1v) is 14.4. The highest BCUT2D eigenvalue weighted by Gasteiger charge is 2.45. The van der Waals surface area contributed by atoms with Crippen LogP contribution in [0.1, 0.15) is 63.2 Å². The average Bonchev–Trinajstić information content (AvgIpc) is 3.48. The van der Waals surface area contributed by atoms with Crippen LogP contribution in [0.25, 0.3) is 11.2 Å². The van der Waals surface area contributed by atoms with Gasteiger partial charge in [0.15, 0.2) is 15.6 Å². The van der Waals surface area contributed by atoms with Gasteiger partial charge in [0.25, 0.3) is 0 Å². The second kappa shape index (κ2) is 10.7. The van der Waals surface area contributed by atoms with Crippen LogP contribution in [0.15, 0.2) is 36.5 Å². The first-order chi connectivity index (χ1) is 18.1. The Morgan fingerprint density at radius 3 is 2.76 bits per heavy atom. The van der Waals surface area contributed by atoms with Crippen LogP contribution >= 0.6 is 22.6 Å². The van der Waals surface area contributed by atoms with Crippen LogP contribution < -0.4 is 10.2 Å². The van der Waals surface area contributed by atoms with Gasteiger partial charge in [0.05, 0.1) is 6.20 Å². The van der Waals surface area contributed by atoms with Crippen molar-refractivity contribution in [2.75, 3.05) is 24.6 Å². The normalized spacial score (nSPS) is 23.4. The lowest BCUT2D eigenvalue weighted by Gasteiger charge is -2.43. The van der Waals surface area contributed by atoms with E-state index in [-0.39, 0.29) is 23.8 Å². The Bertz CT molecular complexity index is 1240. The molecule has 1 amide bonds. The summed E-state index contributed by atoms with van der Waals surface area (Å²) in [6.07, 6.45) is 9.98. The van der Waals surface area contributed by atoms with E-state index >= 15 is 0 Å². The minimum atomic E-state index is -0.318. The number of nitrogens with zero attached hydrogens (tertiary/aromatic N) is 5. The van der Waals surface area contributed by atoms with Crippen molar-refractivity contribution in [2.24, 2.45) is 5.41 Å². The molecule has 2 unspecified atom stereocenters. The Morgan fingerprint density at radius 1 is 1.14 bits per heavy atom. The molecule has 4 heterocycles.